The van der Waals surface area contributed by atoms with Crippen molar-refractivity contribution in [3.8, 4) is 0 Å². The van der Waals surface area contributed by atoms with E-state index in [-0.39, 0.29) is 12.0 Å². The van der Waals surface area contributed by atoms with Crippen LogP contribution < -0.4 is 16.0 Å². The molecule has 30 heavy (non-hydrogen) atoms. The van der Waals surface area contributed by atoms with Gasteiger partial charge in [-0.05, 0) is 50.4 Å². The summed E-state index contributed by atoms with van der Waals surface area (Å²) in [6.07, 6.45) is 2.47. The first-order valence-corrected chi connectivity index (χ1v) is 11.1. The summed E-state index contributed by atoms with van der Waals surface area (Å²) in [6, 6.07) is 7.83. The van der Waals surface area contributed by atoms with Gasteiger partial charge >= 0.3 is 0 Å². The van der Waals surface area contributed by atoms with Crippen molar-refractivity contribution in [3.63, 3.8) is 0 Å². The average Bonchev–Trinajstić information content (AvgIpc) is 3.31. The van der Waals surface area contributed by atoms with Crippen LogP contribution in [0.3, 0.4) is 0 Å². The number of hydrogen-bond donors (Lipinski definition) is 3. The fraction of sp³-hybridized carbons (Fsp3) is 0.636. The van der Waals surface area contributed by atoms with Crippen molar-refractivity contribution in [2.75, 3.05) is 57.9 Å². The number of morpholine rings is 1. The predicted octanol–water partition coefficient (Wildman–Crippen LogP) is 1.58. The Kier molecular flexibility index (Phi) is 9.40. The van der Waals surface area contributed by atoms with E-state index in [0.717, 1.165) is 82.4 Å². The molecule has 0 spiro atoms. The smallest absolute Gasteiger partial charge is 0.253 e. The maximum atomic E-state index is 12.2. The molecule has 8 heteroatoms. The first-order chi connectivity index (χ1) is 14.7. The van der Waals surface area contributed by atoms with Crippen LogP contribution in [0.2, 0.25) is 0 Å². The van der Waals surface area contributed by atoms with Crippen LogP contribution in [0.5, 0.6) is 0 Å². The van der Waals surface area contributed by atoms with Crippen molar-refractivity contribution >= 4 is 17.6 Å². The Bertz CT molecular complexity index is 685. The van der Waals surface area contributed by atoms with Gasteiger partial charge in [0.2, 0.25) is 0 Å². The Hall–Kier alpha value is -2.16. The van der Waals surface area contributed by atoms with Crippen LogP contribution in [0.25, 0.3) is 0 Å². The normalized spacial score (nSPS) is 20.2. The van der Waals surface area contributed by atoms with E-state index >= 15 is 0 Å². The number of aliphatic imine (C=N–C) groups is 1. The third-order valence-corrected chi connectivity index (χ3v) is 5.23. The van der Waals surface area contributed by atoms with Gasteiger partial charge in [0.15, 0.2) is 5.96 Å². The Balaban J connectivity index is 1.45. The van der Waals surface area contributed by atoms with E-state index in [9.17, 15) is 4.79 Å². The number of amides is 1. The van der Waals surface area contributed by atoms with Crippen LogP contribution in [0.15, 0.2) is 29.3 Å². The van der Waals surface area contributed by atoms with Crippen molar-refractivity contribution in [3.05, 3.63) is 29.8 Å². The van der Waals surface area contributed by atoms with E-state index in [1.165, 1.54) is 0 Å². The molecule has 0 radical (unpaired) electrons. The van der Waals surface area contributed by atoms with Gasteiger partial charge in [-0.25, -0.2) is 4.99 Å². The van der Waals surface area contributed by atoms with Crippen LogP contribution >= 0.6 is 0 Å². The minimum absolute atomic E-state index is 0.0663. The maximum Gasteiger partial charge on any atom is 0.253 e. The molecule has 1 atom stereocenters. The minimum Gasteiger partial charge on any atom is -0.379 e. The first-order valence-electron chi connectivity index (χ1n) is 11.1. The Morgan fingerprint density at radius 3 is 2.87 bits per heavy atom. The molecule has 3 N–H and O–H groups in total. The number of carbonyl (C=O) groups excluding carboxylic acids is 1. The number of ether oxygens (including phenoxy) is 2. The van der Waals surface area contributed by atoms with Gasteiger partial charge < -0.3 is 25.4 Å². The fourth-order valence-electron chi connectivity index (χ4n) is 3.60. The van der Waals surface area contributed by atoms with Crippen molar-refractivity contribution in [2.24, 2.45) is 4.99 Å². The lowest BCUT2D eigenvalue weighted by molar-refractivity contribution is -0.124. The highest BCUT2D eigenvalue weighted by atomic mass is 16.5. The lowest BCUT2D eigenvalue weighted by Crippen LogP contribution is -2.40. The second-order valence-electron chi connectivity index (χ2n) is 7.62. The van der Waals surface area contributed by atoms with Crippen molar-refractivity contribution in [1.29, 1.82) is 0 Å². The molecular formula is C22H35N5O3. The number of benzene rings is 1. The summed E-state index contributed by atoms with van der Waals surface area (Å²) in [5.41, 5.74) is 1.83. The molecule has 1 amide bonds. The summed E-state index contributed by atoms with van der Waals surface area (Å²) in [7, 11) is 0. The Morgan fingerprint density at radius 2 is 2.10 bits per heavy atom. The topological polar surface area (TPSA) is 87.2 Å². The standard InChI is InChI=1S/C22H35N5O3/c1-2-23-22(24-9-5-10-27-11-14-29-15-12-27)25-17-18-6-3-7-19(16-18)26-21(28)20-8-4-13-30-20/h3,6-7,16,20H,2,4-5,8-15,17H2,1H3,(H,26,28)(H2,23,24,25). The average molecular weight is 418 g/mol. The fourth-order valence-corrected chi connectivity index (χ4v) is 3.60. The first kappa shape index (κ1) is 22.5. The maximum absolute atomic E-state index is 12.2. The van der Waals surface area contributed by atoms with E-state index in [1.54, 1.807) is 0 Å². The lowest BCUT2D eigenvalue weighted by Gasteiger charge is -2.26. The molecule has 0 saturated carbocycles. The second kappa shape index (κ2) is 12.5. The molecule has 2 aliphatic rings. The molecule has 2 aliphatic heterocycles. The molecule has 0 aliphatic carbocycles. The molecule has 1 aromatic rings. The minimum atomic E-state index is -0.325. The molecular weight excluding hydrogens is 382 g/mol. The third kappa shape index (κ3) is 7.59. The number of hydrogen-bond acceptors (Lipinski definition) is 5. The van der Waals surface area contributed by atoms with Gasteiger partial charge in [-0.15, -0.1) is 0 Å². The largest absolute Gasteiger partial charge is 0.379 e. The zero-order valence-electron chi connectivity index (χ0n) is 18.0. The summed E-state index contributed by atoms with van der Waals surface area (Å²) in [6.45, 7) is 9.75. The van der Waals surface area contributed by atoms with Gasteiger partial charge in [-0.3, -0.25) is 9.69 Å². The molecule has 166 valence electrons. The Labute approximate surface area is 179 Å². The third-order valence-electron chi connectivity index (χ3n) is 5.23. The summed E-state index contributed by atoms with van der Waals surface area (Å²) >= 11 is 0. The van der Waals surface area contributed by atoms with Gasteiger partial charge in [0, 0.05) is 38.5 Å². The van der Waals surface area contributed by atoms with Gasteiger partial charge in [0.05, 0.1) is 19.8 Å². The van der Waals surface area contributed by atoms with Gasteiger partial charge in [-0.2, -0.15) is 0 Å². The SMILES string of the molecule is CCNC(=NCc1cccc(NC(=O)C2CCCO2)c1)NCCCN1CCOCC1. The zero-order valence-corrected chi connectivity index (χ0v) is 18.0. The van der Waals surface area contributed by atoms with Crippen LogP contribution in [0.4, 0.5) is 5.69 Å². The van der Waals surface area contributed by atoms with Crippen LogP contribution in [0, 0.1) is 0 Å². The van der Waals surface area contributed by atoms with Crippen molar-refractivity contribution in [1.82, 2.24) is 15.5 Å². The molecule has 2 saturated heterocycles. The number of carbonyl (C=O) groups is 1. The van der Waals surface area contributed by atoms with Crippen LogP contribution in [-0.2, 0) is 20.8 Å². The highest BCUT2D eigenvalue weighted by molar-refractivity contribution is 5.94. The number of nitrogens with zero attached hydrogens (tertiary/aromatic N) is 2. The molecule has 3 rings (SSSR count). The quantitative estimate of drug-likeness (QED) is 0.321. The molecule has 8 nitrogen and oxygen atoms in total. The zero-order chi connectivity index (χ0) is 21.0. The van der Waals surface area contributed by atoms with Gasteiger partial charge in [0.25, 0.3) is 5.91 Å². The van der Waals surface area contributed by atoms with Gasteiger partial charge in [-0.1, -0.05) is 12.1 Å². The summed E-state index contributed by atoms with van der Waals surface area (Å²) in [5, 5.41) is 9.66. The molecule has 0 bridgehead atoms. The molecule has 0 aromatic heterocycles. The predicted molar refractivity (Wildman–Crippen MR) is 119 cm³/mol. The monoisotopic (exact) mass is 417 g/mol. The van der Waals surface area contributed by atoms with Crippen molar-refractivity contribution < 1.29 is 14.3 Å². The molecule has 2 fully saturated rings. The second-order valence-corrected chi connectivity index (χ2v) is 7.62. The van der Waals surface area contributed by atoms with E-state index in [1.807, 2.05) is 24.3 Å². The molecule has 2 heterocycles. The summed E-state index contributed by atoms with van der Waals surface area (Å²) in [4.78, 5) is 19.4. The highest BCUT2D eigenvalue weighted by Crippen LogP contribution is 2.16. The molecule has 1 unspecified atom stereocenters. The molecule has 1 aromatic carbocycles. The number of guanidine groups is 1. The number of nitrogens with one attached hydrogen (secondary N) is 3. The van der Waals surface area contributed by atoms with Crippen LogP contribution in [0.1, 0.15) is 31.7 Å². The van der Waals surface area contributed by atoms with E-state index in [0.29, 0.717) is 13.2 Å². The van der Waals surface area contributed by atoms with E-state index < -0.39 is 0 Å². The summed E-state index contributed by atoms with van der Waals surface area (Å²) in [5.74, 6) is 0.747. The Morgan fingerprint density at radius 1 is 1.23 bits per heavy atom. The van der Waals surface area contributed by atoms with Crippen molar-refractivity contribution in [2.45, 2.75) is 38.8 Å². The number of rotatable bonds is 9. The highest BCUT2D eigenvalue weighted by Gasteiger charge is 2.23. The number of anilines is 1. The van der Waals surface area contributed by atoms with Crippen LogP contribution in [-0.4, -0.2) is 75.4 Å². The van der Waals surface area contributed by atoms with E-state index in [2.05, 4.69) is 32.8 Å². The van der Waals surface area contributed by atoms with E-state index in [4.69, 9.17) is 9.47 Å². The summed E-state index contributed by atoms with van der Waals surface area (Å²) < 4.78 is 10.8. The van der Waals surface area contributed by atoms with Gasteiger partial charge in [0.1, 0.15) is 6.10 Å². The lowest BCUT2D eigenvalue weighted by atomic mass is 10.2.